The zero-order valence-electron chi connectivity index (χ0n) is 22.0. The zero-order chi connectivity index (χ0) is 29.7. The van der Waals surface area contributed by atoms with E-state index in [-0.39, 0.29) is 43.8 Å². The molecule has 5 atom stereocenters. The van der Waals surface area contributed by atoms with Gasteiger partial charge in [-0.05, 0) is 36.5 Å². The summed E-state index contributed by atoms with van der Waals surface area (Å²) in [6, 6.07) is 0.715. The van der Waals surface area contributed by atoms with Crippen molar-refractivity contribution in [2.24, 2.45) is 23.1 Å². The van der Waals surface area contributed by atoms with Crippen molar-refractivity contribution in [3.8, 4) is 5.75 Å². The molecule has 0 saturated heterocycles. The number of carboxylic acids is 1. The highest BCUT2D eigenvalue weighted by Crippen LogP contribution is 2.13. The number of benzene rings is 1. The fourth-order valence-electron chi connectivity index (χ4n) is 3.50. The maximum Gasteiger partial charge on any atom is 0.326 e. The maximum atomic E-state index is 13.2. The Morgan fingerprint density at radius 2 is 1.26 bits per heavy atom. The Labute approximate surface area is 226 Å². The molecule has 0 spiro atoms. The summed E-state index contributed by atoms with van der Waals surface area (Å²) >= 11 is 0. The number of nitrogens with one attached hydrogen (secondary N) is 3. The number of amides is 5. The lowest BCUT2D eigenvalue weighted by atomic mass is 9.98. The second-order valence-electron chi connectivity index (χ2n) is 9.31. The van der Waals surface area contributed by atoms with Gasteiger partial charge in [0, 0.05) is 19.3 Å². The summed E-state index contributed by atoms with van der Waals surface area (Å²) in [5.74, 6) is -5.47. The van der Waals surface area contributed by atoms with Gasteiger partial charge in [0.15, 0.2) is 0 Å². The minimum Gasteiger partial charge on any atom is -0.508 e. The van der Waals surface area contributed by atoms with E-state index in [9.17, 15) is 39.0 Å². The van der Waals surface area contributed by atoms with Gasteiger partial charge < -0.3 is 43.4 Å². The molecule has 1 rings (SSSR count). The van der Waals surface area contributed by atoms with E-state index in [2.05, 4.69) is 16.0 Å². The standard InChI is InChI=1S/C25H38N6O8/c1-3-13(2)21(28)24(37)29-16(8-10-19(26)33)22(35)31-18(12-14-4-6-15(32)7-5-14)23(36)30-17(25(38)39)9-11-20(27)34/h4-7,13,16-18,21,32H,3,8-12,28H2,1-2H3,(H2,26,33)(H2,27,34)(H,29,37)(H,30,36)(H,31,35)(H,38,39). The normalized spacial score (nSPS) is 14.6. The number of carboxylic acid groups (broad SMARTS) is 1. The van der Waals surface area contributed by atoms with Gasteiger partial charge in [0.25, 0.3) is 0 Å². The smallest absolute Gasteiger partial charge is 0.326 e. The summed E-state index contributed by atoms with van der Waals surface area (Å²) in [5, 5.41) is 26.3. The summed E-state index contributed by atoms with van der Waals surface area (Å²) in [5.41, 5.74) is 16.8. The van der Waals surface area contributed by atoms with Crippen LogP contribution in [0.1, 0.15) is 51.5 Å². The number of rotatable bonds is 17. The van der Waals surface area contributed by atoms with Gasteiger partial charge in [0.2, 0.25) is 29.5 Å². The van der Waals surface area contributed by atoms with Crippen LogP contribution in [0.25, 0.3) is 0 Å². The predicted molar refractivity (Wildman–Crippen MR) is 140 cm³/mol. The first kappa shape index (κ1) is 32.8. The van der Waals surface area contributed by atoms with E-state index in [0.29, 0.717) is 12.0 Å². The van der Waals surface area contributed by atoms with Gasteiger partial charge in [-0.1, -0.05) is 32.4 Å². The number of aromatic hydroxyl groups is 1. The van der Waals surface area contributed by atoms with Gasteiger partial charge in [-0.15, -0.1) is 0 Å². The SMILES string of the molecule is CCC(C)C(N)C(=O)NC(CCC(N)=O)C(=O)NC(Cc1ccc(O)cc1)C(=O)NC(CCC(N)=O)C(=O)O. The Hall–Kier alpha value is -4.20. The largest absolute Gasteiger partial charge is 0.508 e. The number of hydrogen-bond donors (Lipinski definition) is 8. The van der Waals surface area contributed by atoms with E-state index in [1.165, 1.54) is 24.3 Å². The van der Waals surface area contributed by atoms with Crippen molar-refractivity contribution in [2.45, 2.75) is 76.5 Å². The first-order valence-electron chi connectivity index (χ1n) is 12.5. The Balaban J connectivity index is 3.20. The molecule has 1 aromatic carbocycles. The molecule has 0 aliphatic carbocycles. The number of carbonyl (C=O) groups excluding carboxylic acids is 5. The molecule has 0 fully saturated rings. The van der Waals surface area contributed by atoms with Crippen LogP contribution in [0.5, 0.6) is 5.75 Å². The first-order valence-corrected chi connectivity index (χ1v) is 12.5. The second-order valence-corrected chi connectivity index (χ2v) is 9.31. The van der Waals surface area contributed by atoms with E-state index >= 15 is 0 Å². The van der Waals surface area contributed by atoms with Gasteiger partial charge in [0.05, 0.1) is 6.04 Å². The third kappa shape index (κ3) is 11.8. The van der Waals surface area contributed by atoms with Crippen LogP contribution in [0.4, 0.5) is 0 Å². The number of phenolic OH excluding ortho intramolecular Hbond substituents is 1. The number of nitrogens with two attached hydrogens (primary N) is 3. The lowest BCUT2D eigenvalue weighted by molar-refractivity contribution is -0.142. The Morgan fingerprint density at radius 1 is 0.795 bits per heavy atom. The van der Waals surface area contributed by atoms with Crippen LogP contribution < -0.4 is 33.2 Å². The molecular formula is C25H38N6O8. The van der Waals surface area contributed by atoms with E-state index in [1.807, 2.05) is 6.92 Å². The molecule has 0 saturated carbocycles. The highest BCUT2D eigenvalue weighted by Gasteiger charge is 2.31. The molecule has 0 bridgehead atoms. The van der Waals surface area contributed by atoms with Crippen LogP contribution in [0.15, 0.2) is 24.3 Å². The Bertz CT molecular complexity index is 1030. The number of carbonyl (C=O) groups is 6. The fourth-order valence-corrected chi connectivity index (χ4v) is 3.50. The summed E-state index contributed by atoms with van der Waals surface area (Å²) in [6.07, 6.45) is -0.528. The lowest BCUT2D eigenvalue weighted by Gasteiger charge is -2.26. The monoisotopic (exact) mass is 550 g/mol. The minimum absolute atomic E-state index is 0.0342. The number of hydrogen-bond acceptors (Lipinski definition) is 8. The molecule has 0 aromatic heterocycles. The molecule has 14 heteroatoms. The molecule has 1 aromatic rings. The maximum absolute atomic E-state index is 13.2. The Morgan fingerprint density at radius 3 is 1.74 bits per heavy atom. The molecule has 39 heavy (non-hydrogen) atoms. The molecule has 5 unspecified atom stereocenters. The molecule has 5 amide bonds. The molecule has 14 nitrogen and oxygen atoms in total. The summed E-state index contributed by atoms with van der Waals surface area (Å²) in [4.78, 5) is 73.1. The van der Waals surface area contributed by atoms with Crippen LogP contribution in [0.2, 0.25) is 0 Å². The molecule has 0 radical (unpaired) electrons. The minimum atomic E-state index is -1.47. The molecular weight excluding hydrogens is 512 g/mol. The third-order valence-corrected chi connectivity index (χ3v) is 6.18. The average molecular weight is 551 g/mol. The highest BCUT2D eigenvalue weighted by molar-refractivity contribution is 5.94. The van der Waals surface area contributed by atoms with Crippen LogP contribution in [-0.2, 0) is 35.2 Å². The zero-order valence-corrected chi connectivity index (χ0v) is 22.0. The summed E-state index contributed by atoms with van der Waals surface area (Å²) < 4.78 is 0. The van der Waals surface area contributed by atoms with Crippen molar-refractivity contribution >= 4 is 35.5 Å². The molecule has 0 heterocycles. The van der Waals surface area contributed by atoms with E-state index in [0.717, 1.165) is 0 Å². The van der Waals surface area contributed by atoms with Crippen LogP contribution >= 0.6 is 0 Å². The second kappa shape index (κ2) is 15.9. The van der Waals surface area contributed by atoms with Gasteiger partial charge in [0.1, 0.15) is 23.9 Å². The molecule has 11 N–H and O–H groups in total. The fraction of sp³-hybridized carbons (Fsp3) is 0.520. The number of primary amides is 2. The van der Waals surface area contributed by atoms with Gasteiger partial charge in [-0.25, -0.2) is 4.79 Å². The predicted octanol–water partition coefficient (Wildman–Crippen LogP) is -1.62. The Kier molecular flexibility index (Phi) is 13.4. The lowest BCUT2D eigenvalue weighted by Crippen LogP contribution is -2.58. The van der Waals surface area contributed by atoms with Crippen molar-refractivity contribution in [1.29, 1.82) is 0 Å². The highest BCUT2D eigenvalue weighted by atomic mass is 16.4. The van der Waals surface area contributed by atoms with Gasteiger partial charge >= 0.3 is 5.97 Å². The number of phenols is 1. The average Bonchev–Trinajstić information content (AvgIpc) is 2.87. The van der Waals surface area contributed by atoms with E-state index < -0.39 is 59.7 Å². The van der Waals surface area contributed by atoms with Crippen molar-refractivity contribution in [3.63, 3.8) is 0 Å². The van der Waals surface area contributed by atoms with Crippen molar-refractivity contribution in [2.75, 3.05) is 0 Å². The summed E-state index contributed by atoms with van der Waals surface area (Å²) in [7, 11) is 0. The molecule has 0 aliphatic heterocycles. The molecule has 0 aliphatic rings. The van der Waals surface area contributed by atoms with E-state index in [1.54, 1.807) is 6.92 Å². The third-order valence-electron chi connectivity index (χ3n) is 6.18. The van der Waals surface area contributed by atoms with Crippen molar-refractivity contribution < 1.29 is 39.0 Å². The topological polar surface area (TPSA) is 257 Å². The van der Waals surface area contributed by atoms with Crippen LogP contribution in [0.3, 0.4) is 0 Å². The van der Waals surface area contributed by atoms with Crippen molar-refractivity contribution in [3.05, 3.63) is 29.8 Å². The van der Waals surface area contributed by atoms with Gasteiger partial charge in [-0.3, -0.25) is 24.0 Å². The number of aliphatic carboxylic acids is 1. The van der Waals surface area contributed by atoms with Crippen molar-refractivity contribution in [1.82, 2.24) is 16.0 Å². The van der Waals surface area contributed by atoms with Crippen LogP contribution in [0, 0.1) is 5.92 Å². The quantitative estimate of drug-likeness (QED) is 0.111. The molecule has 216 valence electrons. The summed E-state index contributed by atoms with van der Waals surface area (Å²) in [6.45, 7) is 3.60. The van der Waals surface area contributed by atoms with Gasteiger partial charge in [-0.2, -0.15) is 0 Å². The first-order chi connectivity index (χ1) is 18.2. The van der Waals surface area contributed by atoms with E-state index in [4.69, 9.17) is 17.2 Å². The van der Waals surface area contributed by atoms with Crippen LogP contribution in [-0.4, -0.2) is 69.9 Å².